The van der Waals surface area contributed by atoms with E-state index in [-0.39, 0.29) is 11.9 Å². The third-order valence-corrected chi connectivity index (χ3v) is 6.40. The van der Waals surface area contributed by atoms with Gasteiger partial charge in [0.05, 0.1) is 19.1 Å². The number of hydrogen-bond donors (Lipinski definition) is 2. The van der Waals surface area contributed by atoms with Gasteiger partial charge >= 0.3 is 0 Å². The van der Waals surface area contributed by atoms with Crippen molar-refractivity contribution < 1.29 is 4.79 Å². The molecular formula is C28H30N8O. The summed E-state index contributed by atoms with van der Waals surface area (Å²) < 4.78 is 2.05. The Morgan fingerprint density at radius 3 is 2.73 bits per heavy atom. The lowest BCUT2D eigenvalue weighted by atomic mass is 10.1. The van der Waals surface area contributed by atoms with Crippen molar-refractivity contribution in [3.8, 4) is 23.1 Å². The summed E-state index contributed by atoms with van der Waals surface area (Å²) in [6, 6.07) is 12.9. The maximum Gasteiger partial charge on any atom is 0.256 e. The van der Waals surface area contributed by atoms with E-state index in [1.165, 1.54) is 0 Å². The topological polar surface area (TPSA) is 105 Å². The van der Waals surface area contributed by atoms with Crippen molar-refractivity contribution in [3.63, 3.8) is 0 Å². The van der Waals surface area contributed by atoms with Crippen molar-refractivity contribution in [2.24, 2.45) is 0 Å². The van der Waals surface area contributed by atoms with Gasteiger partial charge in [0.15, 0.2) is 0 Å². The van der Waals surface area contributed by atoms with Crippen LogP contribution in [0.3, 0.4) is 0 Å². The molecule has 4 aromatic rings. The zero-order chi connectivity index (χ0) is 25.8. The number of fused-ring (bicyclic) bond motifs is 1. The number of imidazole rings is 1. The molecule has 1 aliphatic heterocycles. The quantitative estimate of drug-likeness (QED) is 0.396. The van der Waals surface area contributed by atoms with Gasteiger partial charge in [-0.25, -0.2) is 15.0 Å². The second kappa shape index (κ2) is 10.8. The summed E-state index contributed by atoms with van der Waals surface area (Å²) in [4.78, 5) is 30.7. The zero-order valence-electron chi connectivity index (χ0n) is 21.1. The second-order valence-corrected chi connectivity index (χ2v) is 9.32. The Hall–Kier alpha value is -4.26. The van der Waals surface area contributed by atoms with Gasteiger partial charge in [-0.1, -0.05) is 30.0 Å². The van der Waals surface area contributed by atoms with Crippen LogP contribution in [0.1, 0.15) is 35.1 Å². The lowest BCUT2D eigenvalue weighted by molar-refractivity contribution is 0.102. The summed E-state index contributed by atoms with van der Waals surface area (Å²) in [7, 11) is 4.03. The number of aromatic nitrogens is 4. The van der Waals surface area contributed by atoms with Gasteiger partial charge in [-0.2, -0.15) is 0 Å². The Balaban J connectivity index is 1.44. The Labute approximate surface area is 216 Å². The first-order valence-electron chi connectivity index (χ1n) is 12.3. The van der Waals surface area contributed by atoms with Crippen molar-refractivity contribution in [2.75, 3.05) is 44.8 Å². The lowest BCUT2D eigenvalue weighted by Crippen LogP contribution is -2.25. The molecule has 0 unspecified atom stereocenters. The van der Waals surface area contributed by atoms with Crippen LogP contribution in [0.4, 0.5) is 11.6 Å². The molecule has 0 saturated carbocycles. The fourth-order valence-corrected chi connectivity index (χ4v) is 4.61. The molecule has 0 radical (unpaired) electrons. The Kier molecular flexibility index (Phi) is 7.12. The molecule has 0 spiro atoms. The van der Waals surface area contributed by atoms with Crippen molar-refractivity contribution in [1.82, 2.24) is 29.2 Å². The van der Waals surface area contributed by atoms with E-state index in [4.69, 9.17) is 10.7 Å². The number of nitrogens with zero attached hydrogens (tertiary/aromatic N) is 6. The fourth-order valence-electron chi connectivity index (χ4n) is 4.61. The van der Waals surface area contributed by atoms with Gasteiger partial charge in [-0.05, 0) is 57.7 Å². The number of amides is 1. The molecule has 9 heteroatoms. The number of pyridine rings is 1. The predicted molar refractivity (Wildman–Crippen MR) is 145 cm³/mol. The maximum absolute atomic E-state index is 12.7. The highest BCUT2D eigenvalue weighted by molar-refractivity contribution is 6.04. The molecule has 37 heavy (non-hydrogen) atoms. The van der Waals surface area contributed by atoms with Crippen molar-refractivity contribution in [1.29, 1.82) is 0 Å². The minimum Gasteiger partial charge on any atom is -0.382 e. The van der Waals surface area contributed by atoms with Gasteiger partial charge in [0, 0.05) is 29.7 Å². The molecule has 3 N–H and O–H groups in total. The van der Waals surface area contributed by atoms with Crippen LogP contribution in [0.15, 0.2) is 61.1 Å². The van der Waals surface area contributed by atoms with Crippen LogP contribution in [0.2, 0.25) is 0 Å². The van der Waals surface area contributed by atoms with E-state index in [1.54, 1.807) is 36.7 Å². The molecule has 1 atom stereocenters. The highest BCUT2D eigenvalue weighted by atomic mass is 16.1. The average Bonchev–Trinajstić information content (AvgIpc) is 3.52. The third-order valence-electron chi connectivity index (χ3n) is 6.40. The van der Waals surface area contributed by atoms with Gasteiger partial charge in [0.1, 0.15) is 28.7 Å². The first-order valence-corrected chi connectivity index (χ1v) is 12.3. The largest absolute Gasteiger partial charge is 0.382 e. The van der Waals surface area contributed by atoms with Gasteiger partial charge in [-0.3, -0.25) is 19.0 Å². The first-order chi connectivity index (χ1) is 18.0. The highest BCUT2D eigenvalue weighted by Gasteiger charge is 2.30. The standard InChI is InChI=1S/C28H30N8O/c1-34(2)16-5-6-17-35-18-7-8-22(35)27-33-24(25-26(29)31-15-19-36(25)27)20-10-12-21(13-11-20)28(37)32-23-9-3-4-14-30-23/h3-4,9-15,19,22H,7-8,16-18H2,1-2H3,(H2,29,31)(H,30,32,37)/t22-/m0/s1. The maximum atomic E-state index is 12.7. The number of nitrogens with one attached hydrogen (secondary N) is 1. The molecule has 5 rings (SSSR count). The van der Waals surface area contributed by atoms with Crippen LogP contribution in [-0.2, 0) is 0 Å². The van der Waals surface area contributed by atoms with Crippen molar-refractivity contribution in [3.05, 3.63) is 72.4 Å². The number of rotatable bonds is 6. The van der Waals surface area contributed by atoms with E-state index in [2.05, 4.69) is 41.3 Å². The van der Waals surface area contributed by atoms with E-state index >= 15 is 0 Å². The molecule has 1 saturated heterocycles. The zero-order valence-corrected chi connectivity index (χ0v) is 21.1. The minimum atomic E-state index is -0.223. The van der Waals surface area contributed by atoms with E-state index in [0.717, 1.165) is 48.5 Å². The van der Waals surface area contributed by atoms with Gasteiger partial charge in [0.25, 0.3) is 5.91 Å². The normalized spacial score (nSPS) is 15.6. The van der Waals surface area contributed by atoms with E-state index in [1.807, 2.05) is 38.5 Å². The summed E-state index contributed by atoms with van der Waals surface area (Å²) in [5.74, 6) is 8.18. The molecule has 0 aliphatic carbocycles. The lowest BCUT2D eigenvalue weighted by Gasteiger charge is -2.21. The van der Waals surface area contributed by atoms with Crippen LogP contribution in [0.25, 0.3) is 16.8 Å². The van der Waals surface area contributed by atoms with Crippen LogP contribution >= 0.6 is 0 Å². The molecule has 3 aromatic heterocycles. The molecule has 1 amide bonds. The van der Waals surface area contributed by atoms with Crippen LogP contribution in [-0.4, -0.2) is 68.8 Å². The number of likely N-dealkylation sites (tertiary alicyclic amines) is 1. The summed E-state index contributed by atoms with van der Waals surface area (Å²) >= 11 is 0. The van der Waals surface area contributed by atoms with Gasteiger partial charge in [-0.15, -0.1) is 0 Å². The highest BCUT2D eigenvalue weighted by Crippen LogP contribution is 2.36. The van der Waals surface area contributed by atoms with E-state index in [0.29, 0.717) is 23.7 Å². The fraction of sp³-hybridized carbons (Fsp3) is 0.286. The SMILES string of the molecule is CN(C)CC#CCN1CCC[C@H]1c1nc(-c2ccc(C(=O)Nc3ccccn3)cc2)c2c(N)nccn12. The molecule has 1 fully saturated rings. The number of carbonyl (C=O) groups is 1. The van der Waals surface area contributed by atoms with E-state index in [9.17, 15) is 4.79 Å². The Morgan fingerprint density at radius 1 is 1.14 bits per heavy atom. The number of nitrogen functional groups attached to an aromatic ring is 1. The van der Waals surface area contributed by atoms with E-state index < -0.39 is 0 Å². The van der Waals surface area contributed by atoms with Crippen molar-refractivity contribution in [2.45, 2.75) is 18.9 Å². The number of anilines is 2. The number of nitrogens with two attached hydrogens (primary N) is 1. The van der Waals surface area contributed by atoms with Crippen LogP contribution in [0.5, 0.6) is 0 Å². The predicted octanol–water partition coefficient (Wildman–Crippen LogP) is 3.33. The van der Waals surface area contributed by atoms with Crippen LogP contribution in [0, 0.1) is 11.8 Å². The molecular weight excluding hydrogens is 464 g/mol. The summed E-state index contributed by atoms with van der Waals surface area (Å²) in [6.07, 6.45) is 7.35. The Morgan fingerprint density at radius 2 is 1.97 bits per heavy atom. The summed E-state index contributed by atoms with van der Waals surface area (Å²) in [6.45, 7) is 2.42. The number of hydrogen-bond acceptors (Lipinski definition) is 7. The van der Waals surface area contributed by atoms with Gasteiger partial charge in [0.2, 0.25) is 0 Å². The number of carbonyl (C=O) groups excluding carboxylic acids is 1. The molecule has 0 bridgehead atoms. The average molecular weight is 495 g/mol. The van der Waals surface area contributed by atoms with Crippen LogP contribution < -0.4 is 11.1 Å². The van der Waals surface area contributed by atoms with Crippen molar-refractivity contribution >= 4 is 23.1 Å². The molecule has 188 valence electrons. The molecule has 9 nitrogen and oxygen atoms in total. The monoisotopic (exact) mass is 494 g/mol. The van der Waals surface area contributed by atoms with Gasteiger partial charge < -0.3 is 11.1 Å². The smallest absolute Gasteiger partial charge is 0.256 e. The molecule has 1 aromatic carbocycles. The first kappa shape index (κ1) is 24.4. The second-order valence-electron chi connectivity index (χ2n) is 9.32. The molecule has 1 aliphatic rings. The summed E-state index contributed by atoms with van der Waals surface area (Å²) in [5.41, 5.74) is 9.27. The minimum absolute atomic E-state index is 0.139. The summed E-state index contributed by atoms with van der Waals surface area (Å²) in [5, 5.41) is 2.81. The molecule has 4 heterocycles. The number of benzene rings is 1. The third kappa shape index (κ3) is 5.31. The Bertz CT molecular complexity index is 1450.